The molecule has 1 atom stereocenters. The van der Waals surface area contributed by atoms with Gasteiger partial charge in [-0.05, 0) is 39.7 Å². The molecule has 1 N–H and O–H groups in total. The van der Waals surface area contributed by atoms with Crippen LogP contribution in [0.1, 0.15) is 40.5 Å². The van der Waals surface area contributed by atoms with Crippen LogP contribution in [-0.2, 0) is 9.53 Å². The van der Waals surface area contributed by atoms with E-state index in [-0.39, 0.29) is 5.97 Å². The lowest BCUT2D eigenvalue weighted by Gasteiger charge is -2.02. The molecule has 0 bridgehead atoms. The van der Waals surface area contributed by atoms with Gasteiger partial charge in [0.2, 0.25) is 0 Å². The van der Waals surface area contributed by atoms with Crippen molar-refractivity contribution in [2.75, 3.05) is 6.61 Å². The Morgan fingerprint density at radius 3 is 2.53 bits per heavy atom. The van der Waals surface area contributed by atoms with Crippen molar-refractivity contribution >= 4 is 5.97 Å². The first-order chi connectivity index (χ1) is 6.92. The van der Waals surface area contributed by atoms with Gasteiger partial charge in [0.25, 0.3) is 0 Å². The van der Waals surface area contributed by atoms with Crippen LogP contribution in [0.25, 0.3) is 0 Å². The first-order valence-electron chi connectivity index (χ1n) is 5.48. The van der Waals surface area contributed by atoms with Crippen molar-refractivity contribution in [3.8, 4) is 0 Å². The summed E-state index contributed by atoms with van der Waals surface area (Å²) < 4.78 is 4.84. The summed E-state index contributed by atoms with van der Waals surface area (Å²) in [6.07, 6.45) is 4.22. The highest BCUT2D eigenvalue weighted by molar-refractivity contribution is 5.66. The quantitative estimate of drug-likeness (QED) is 0.430. The Morgan fingerprint density at radius 2 is 2.07 bits per heavy atom. The Morgan fingerprint density at radius 1 is 1.47 bits per heavy atom. The molecule has 0 saturated carbocycles. The monoisotopic (exact) mass is 211 g/mol. The summed E-state index contributed by atoms with van der Waals surface area (Å²) >= 11 is 0. The average molecular weight is 211 g/mol. The molecule has 15 heavy (non-hydrogen) atoms. The number of carbonyl (C=O) groups is 1. The van der Waals surface area contributed by atoms with Gasteiger partial charge < -0.3 is 10.1 Å². The van der Waals surface area contributed by atoms with Gasteiger partial charge in [-0.25, -0.2) is 0 Å². The van der Waals surface area contributed by atoms with E-state index in [1.54, 1.807) is 0 Å². The molecular weight excluding hydrogens is 190 g/mol. The zero-order chi connectivity index (χ0) is 11.5. The van der Waals surface area contributed by atoms with E-state index in [1.807, 2.05) is 6.08 Å². The summed E-state index contributed by atoms with van der Waals surface area (Å²) in [5.74, 6) is -0.218. The zero-order valence-electron chi connectivity index (χ0n) is 10.1. The minimum absolute atomic E-state index is 0.218. The van der Waals surface area contributed by atoms with Crippen molar-refractivity contribution < 1.29 is 9.53 Å². The average Bonchev–Trinajstić information content (AvgIpc) is 2.70. The number of nitrogens with one attached hydrogen (secondary N) is 1. The molecule has 3 nitrogen and oxygen atoms in total. The zero-order valence-corrected chi connectivity index (χ0v) is 10.1. The maximum atomic E-state index is 10.5. The van der Waals surface area contributed by atoms with Gasteiger partial charge in [-0.15, -0.1) is 0 Å². The van der Waals surface area contributed by atoms with E-state index in [9.17, 15) is 4.79 Å². The van der Waals surface area contributed by atoms with Crippen molar-refractivity contribution in [3.63, 3.8) is 0 Å². The molecule has 3 heteroatoms. The Labute approximate surface area is 91.9 Å². The number of hydrogen-bond acceptors (Lipinski definition) is 3. The molecular formula is C12H21NO2. The summed E-state index contributed by atoms with van der Waals surface area (Å²) in [6, 6.07) is 0.648. The van der Waals surface area contributed by atoms with Crippen molar-refractivity contribution in [2.45, 2.75) is 52.1 Å². The fourth-order valence-corrected chi connectivity index (χ4v) is 1.62. The first-order valence-corrected chi connectivity index (χ1v) is 5.48. The van der Waals surface area contributed by atoms with E-state index in [0.717, 1.165) is 12.8 Å². The third-order valence-electron chi connectivity index (χ3n) is 2.88. The van der Waals surface area contributed by atoms with Crippen LogP contribution in [0.15, 0.2) is 11.6 Å². The van der Waals surface area contributed by atoms with Crippen molar-refractivity contribution in [3.05, 3.63) is 11.6 Å². The maximum absolute atomic E-state index is 10.5. The van der Waals surface area contributed by atoms with Gasteiger partial charge in [0.15, 0.2) is 0 Å². The maximum Gasteiger partial charge on any atom is 0.302 e. The predicted molar refractivity (Wildman–Crippen MR) is 60.6 cm³/mol. The smallest absolute Gasteiger partial charge is 0.302 e. The van der Waals surface area contributed by atoms with Crippen LogP contribution in [0, 0.1) is 0 Å². The molecule has 0 aromatic heterocycles. The Bertz CT molecular complexity index is 269. The largest absolute Gasteiger partial charge is 0.462 e. The third-order valence-corrected chi connectivity index (χ3v) is 2.88. The molecule has 1 fully saturated rings. The molecule has 1 saturated heterocycles. The van der Waals surface area contributed by atoms with Crippen LogP contribution in [0.4, 0.5) is 0 Å². The molecule has 0 amide bonds. The molecule has 0 aromatic carbocycles. The van der Waals surface area contributed by atoms with E-state index in [1.165, 1.54) is 12.5 Å². The molecule has 1 heterocycles. The third kappa shape index (κ3) is 4.47. The van der Waals surface area contributed by atoms with E-state index in [4.69, 9.17) is 4.74 Å². The second kappa shape index (κ2) is 4.79. The van der Waals surface area contributed by atoms with E-state index < -0.39 is 0 Å². The minimum atomic E-state index is -0.218. The van der Waals surface area contributed by atoms with Crippen molar-refractivity contribution in [2.24, 2.45) is 0 Å². The number of hydrogen-bond donors (Lipinski definition) is 1. The Hall–Kier alpha value is -0.830. The van der Waals surface area contributed by atoms with Gasteiger partial charge in [0.05, 0.1) is 0 Å². The van der Waals surface area contributed by atoms with Crippen LogP contribution in [0.5, 0.6) is 0 Å². The van der Waals surface area contributed by atoms with Gasteiger partial charge in [0, 0.05) is 18.5 Å². The molecule has 1 aliphatic heterocycles. The van der Waals surface area contributed by atoms with Gasteiger partial charge in [0.1, 0.15) is 6.61 Å². The van der Waals surface area contributed by atoms with E-state index in [0.29, 0.717) is 18.2 Å². The summed E-state index contributed by atoms with van der Waals surface area (Å²) in [5.41, 5.74) is 1.62. The predicted octanol–water partition coefficient (Wildman–Crippen LogP) is 2.03. The molecule has 0 radical (unpaired) electrons. The van der Waals surface area contributed by atoms with Crippen molar-refractivity contribution in [1.82, 2.24) is 5.32 Å². The second-order valence-corrected chi connectivity index (χ2v) is 4.81. The molecule has 0 aliphatic carbocycles. The lowest BCUT2D eigenvalue weighted by Crippen LogP contribution is -2.03. The highest BCUT2D eigenvalue weighted by atomic mass is 16.5. The molecule has 1 aliphatic rings. The number of esters is 1. The molecule has 0 aromatic rings. The van der Waals surface area contributed by atoms with E-state index in [2.05, 4.69) is 26.1 Å². The number of ether oxygens (including phenoxy) is 1. The molecule has 86 valence electrons. The number of rotatable bonds is 5. The SMILES string of the molecule is CC(=O)OC/C=C(\C)CCC1NC1(C)C. The van der Waals surface area contributed by atoms with E-state index >= 15 is 0 Å². The standard InChI is InChI=1S/C12H21NO2/c1-9(7-8-15-10(2)14)5-6-11-12(3,4)13-11/h7,11,13H,5-6,8H2,1-4H3/b9-7+. The Balaban J connectivity index is 2.13. The second-order valence-electron chi connectivity index (χ2n) is 4.81. The summed E-state index contributed by atoms with van der Waals surface area (Å²) in [6.45, 7) is 8.35. The van der Waals surface area contributed by atoms with Crippen LogP contribution in [0.2, 0.25) is 0 Å². The fraction of sp³-hybridized carbons (Fsp3) is 0.750. The summed E-state index contributed by atoms with van der Waals surface area (Å²) in [7, 11) is 0. The minimum Gasteiger partial charge on any atom is -0.462 e. The molecule has 1 rings (SSSR count). The van der Waals surface area contributed by atoms with Crippen molar-refractivity contribution in [1.29, 1.82) is 0 Å². The van der Waals surface area contributed by atoms with Gasteiger partial charge in [-0.2, -0.15) is 0 Å². The highest BCUT2D eigenvalue weighted by Crippen LogP contribution is 2.29. The van der Waals surface area contributed by atoms with Gasteiger partial charge >= 0.3 is 5.97 Å². The first kappa shape index (κ1) is 12.2. The topological polar surface area (TPSA) is 48.2 Å². The van der Waals surface area contributed by atoms with Gasteiger partial charge in [-0.3, -0.25) is 4.79 Å². The lowest BCUT2D eigenvalue weighted by atomic mass is 10.0. The number of allylic oxidation sites excluding steroid dienone is 1. The molecule has 1 unspecified atom stereocenters. The number of carbonyl (C=O) groups excluding carboxylic acids is 1. The van der Waals surface area contributed by atoms with Gasteiger partial charge in [-0.1, -0.05) is 5.57 Å². The Kier molecular flexibility index (Phi) is 3.91. The fourth-order valence-electron chi connectivity index (χ4n) is 1.62. The molecule has 0 spiro atoms. The normalized spacial score (nSPS) is 23.7. The van der Waals surface area contributed by atoms with Crippen LogP contribution >= 0.6 is 0 Å². The highest BCUT2D eigenvalue weighted by Gasteiger charge is 2.43. The lowest BCUT2D eigenvalue weighted by molar-refractivity contribution is -0.139. The van der Waals surface area contributed by atoms with Crippen LogP contribution in [0.3, 0.4) is 0 Å². The van der Waals surface area contributed by atoms with Crippen LogP contribution < -0.4 is 5.32 Å². The summed E-state index contributed by atoms with van der Waals surface area (Å²) in [4.78, 5) is 10.5. The summed E-state index contributed by atoms with van der Waals surface area (Å²) in [5, 5.41) is 3.43. The van der Waals surface area contributed by atoms with Crippen LogP contribution in [-0.4, -0.2) is 24.2 Å².